The first-order chi connectivity index (χ1) is 23.7. The van der Waals surface area contributed by atoms with E-state index in [-0.39, 0.29) is 0 Å². The fourth-order valence-corrected chi connectivity index (χ4v) is 6.90. The van der Waals surface area contributed by atoms with Crippen molar-refractivity contribution in [1.29, 1.82) is 0 Å². The molecule has 0 radical (unpaired) electrons. The Morgan fingerprint density at radius 3 is 1.90 bits per heavy atom. The Labute approximate surface area is 280 Å². The number of benzene rings is 8. The highest BCUT2D eigenvalue weighted by atomic mass is 14.8. The van der Waals surface area contributed by atoms with Crippen molar-refractivity contribution in [2.24, 2.45) is 4.99 Å². The third-order valence-corrected chi connectivity index (χ3v) is 9.06. The van der Waals surface area contributed by atoms with Gasteiger partial charge in [0.2, 0.25) is 0 Å². The molecule has 48 heavy (non-hydrogen) atoms. The molecule has 0 aliphatic heterocycles. The molecule has 0 fully saturated rings. The van der Waals surface area contributed by atoms with E-state index in [1.54, 1.807) is 6.08 Å². The molecule has 224 valence electrons. The Balaban J connectivity index is 1.51. The largest absolute Gasteiger partial charge is 0.247 e. The number of para-hydroxylation sites is 1. The lowest BCUT2D eigenvalue weighted by atomic mass is 9.84. The number of hydrogen-bond acceptors (Lipinski definition) is 1. The van der Waals surface area contributed by atoms with Gasteiger partial charge in [0, 0.05) is 16.7 Å². The Bertz CT molecular complexity index is 2590. The van der Waals surface area contributed by atoms with Gasteiger partial charge >= 0.3 is 0 Å². The molecule has 0 aromatic heterocycles. The Kier molecular flexibility index (Phi) is 7.42. The summed E-state index contributed by atoms with van der Waals surface area (Å²) >= 11 is 0. The van der Waals surface area contributed by atoms with Crippen molar-refractivity contribution >= 4 is 66.3 Å². The minimum absolute atomic E-state index is 0.662. The fraction of sp³-hybridized carbons (Fsp3) is 0. The molecule has 0 bridgehead atoms. The van der Waals surface area contributed by atoms with E-state index in [0.29, 0.717) is 5.69 Å². The number of nitrogens with zero attached hydrogens (tertiary/aromatic N) is 2. The molecule has 0 unspecified atom stereocenters. The van der Waals surface area contributed by atoms with Gasteiger partial charge in [-0.25, -0.2) is 9.84 Å². The van der Waals surface area contributed by atoms with Crippen LogP contribution in [0.15, 0.2) is 175 Å². The first-order valence-electron chi connectivity index (χ1n) is 16.0. The van der Waals surface area contributed by atoms with E-state index >= 15 is 0 Å². The monoisotopic (exact) mass is 610 g/mol. The lowest BCUT2D eigenvalue weighted by molar-refractivity contribution is 1.48. The van der Waals surface area contributed by atoms with Gasteiger partial charge in [0.1, 0.15) is 0 Å². The average Bonchev–Trinajstić information content (AvgIpc) is 3.15. The average molecular weight is 611 g/mol. The van der Waals surface area contributed by atoms with Crippen LogP contribution in [0.5, 0.6) is 0 Å². The third-order valence-electron chi connectivity index (χ3n) is 9.06. The highest BCUT2D eigenvalue weighted by Gasteiger charge is 2.21. The molecule has 0 aliphatic carbocycles. The Hall–Kier alpha value is -6.56. The predicted octanol–water partition coefficient (Wildman–Crippen LogP) is 12.9. The maximum absolute atomic E-state index is 7.82. The SMILES string of the molecule is [C-]#[N+]c1ccc(-c2c3ccccc3c(C(=Nc3ccccc3/C=C\C=C)c3ccc4ccccc4c3)c3ccccc23)c2ccccc12. The van der Waals surface area contributed by atoms with Crippen molar-refractivity contribution in [2.75, 3.05) is 0 Å². The zero-order chi connectivity index (χ0) is 32.5. The minimum atomic E-state index is 0.662. The lowest BCUT2D eigenvalue weighted by Gasteiger charge is -2.20. The molecule has 0 atom stereocenters. The molecule has 2 nitrogen and oxygen atoms in total. The topological polar surface area (TPSA) is 16.7 Å². The van der Waals surface area contributed by atoms with Gasteiger partial charge in [0.25, 0.3) is 0 Å². The first-order valence-corrected chi connectivity index (χ1v) is 16.0. The predicted molar refractivity (Wildman–Crippen MR) is 206 cm³/mol. The fourth-order valence-electron chi connectivity index (χ4n) is 6.90. The van der Waals surface area contributed by atoms with Crippen LogP contribution in [0.2, 0.25) is 0 Å². The summed E-state index contributed by atoms with van der Waals surface area (Å²) in [4.78, 5) is 9.37. The van der Waals surface area contributed by atoms with Crippen molar-refractivity contribution in [2.45, 2.75) is 0 Å². The van der Waals surface area contributed by atoms with Crippen molar-refractivity contribution in [3.05, 3.63) is 198 Å². The van der Waals surface area contributed by atoms with Crippen LogP contribution < -0.4 is 0 Å². The van der Waals surface area contributed by atoms with Crippen molar-refractivity contribution < 1.29 is 0 Å². The van der Waals surface area contributed by atoms with Gasteiger partial charge in [-0.05, 0) is 66.3 Å². The second-order valence-corrected chi connectivity index (χ2v) is 11.8. The van der Waals surface area contributed by atoms with Crippen LogP contribution in [0.4, 0.5) is 11.4 Å². The van der Waals surface area contributed by atoms with E-state index in [2.05, 4.69) is 139 Å². The van der Waals surface area contributed by atoms with Crippen molar-refractivity contribution in [1.82, 2.24) is 0 Å². The second kappa shape index (κ2) is 12.3. The summed E-state index contributed by atoms with van der Waals surface area (Å²) < 4.78 is 0. The number of rotatable bonds is 6. The summed E-state index contributed by atoms with van der Waals surface area (Å²) in [5.74, 6) is 0. The van der Waals surface area contributed by atoms with Gasteiger partial charge in [-0.15, -0.1) is 0 Å². The summed E-state index contributed by atoms with van der Waals surface area (Å²) in [6, 6.07) is 53.0. The highest BCUT2D eigenvalue weighted by molar-refractivity contribution is 6.31. The van der Waals surface area contributed by atoms with Crippen LogP contribution >= 0.6 is 0 Å². The maximum atomic E-state index is 7.82. The van der Waals surface area contributed by atoms with Crippen molar-refractivity contribution in [3.8, 4) is 11.1 Å². The zero-order valence-corrected chi connectivity index (χ0v) is 26.3. The quantitative estimate of drug-likeness (QED) is 0.0771. The van der Waals surface area contributed by atoms with E-state index < -0.39 is 0 Å². The molecule has 2 heteroatoms. The summed E-state index contributed by atoms with van der Waals surface area (Å²) in [6.45, 7) is 11.7. The summed E-state index contributed by atoms with van der Waals surface area (Å²) in [5, 5.41) is 8.91. The third kappa shape index (κ3) is 4.96. The molecular weight excluding hydrogens is 581 g/mol. The normalized spacial score (nSPS) is 11.9. The van der Waals surface area contributed by atoms with E-state index in [0.717, 1.165) is 71.5 Å². The summed E-state index contributed by atoms with van der Waals surface area (Å²) in [5.41, 5.74) is 7.88. The molecule has 8 aromatic carbocycles. The van der Waals surface area contributed by atoms with E-state index in [1.807, 2.05) is 36.4 Å². The Morgan fingerprint density at radius 2 is 1.19 bits per heavy atom. The molecule has 0 N–H and O–H groups in total. The van der Waals surface area contributed by atoms with Crippen LogP contribution in [-0.2, 0) is 0 Å². The molecule has 8 aromatic rings. The maximum Gasteiger partial charge on any atom is 0.194 e. The molecule has 0 spiro atoms. The molecule has 0 amide bonds. The van der Waals surface area contributed by atoms with Gasteiger partial charge in [0.05, 0.1) is 18.0 Å². The number of hydrogen-bond donors (Lipinski definition) is 0. The second-order valence-electron chi connectivity index (χ2n) is 11.8. The zero-order valence-electron chi connectivity index (χ0n) is 26.3. The smallest absolute Gasteiger partial charge is 0.194 e. The number of aliphatic imine (C=N–C) groups is 1. The van der Waals surface area contributed by atoms with Gasteiger partial charge in [0.15, 0.2) is 5.69 Å². The van der Waals surface area contributed by atoms with Crippen LogP contribution in [0.3, 0.4) is 0 Å². The van der Waals surface area contributed by atoms with E-state index in [9.17, 15) is 0 Å². The Morgan fingerprint density at radius 1 is 0.583 bits per heavy atom. The number of allylic oxidation sites excluding steroid dienone is 2. The molecule has 0 saturated heterocycles. The summed E-state index contributed by atoms with van der Waals surface area (Å²) in [6.07, 6.45) is 5.80. The van der Waals surface area contributed by atoms with Gasteiger partial charge in [-0.1, -0.05) is 164 Å². The van der Waals surface area contributed by atoms with E-state index in [4.69, 9.17) is 11.6 Å². The van der Waals surface area contributed by atoms with Gasteiger partial charge < -0.3 is 0 Å². The number of fused-ring (bicyclic) bond motifs is 4. The molecule has 0 saturated carbocycles. The van der Waals surface area contributed by atoms with Crippen LogP contribution in [0, 0.1) is 6.57 Å². The van der Waals surface area contributed by atoms with Crippen LogP contribution in [-0.4, -0.2) is 5.71 Å². The van der Waals surface area contributed by atoms with Gasteiger partial charge in [-0.2, -0.15) is 0 Å². The standard InChI is InChI=1S/C46H30N2/c1-3-4-15-32-17-7-14-25-42(32)48-46(34-27-26-31-16-5-6-18-33(31)30-34)45-39-23-12-10-21-37(39)44(38-22-11-13-24-40(38)45)41-28-29-43(47-2)36-20-9-8-19-35(36)41/h3-30H,1H2/b15-4-,48-46?. The lowest BCUT2D eigenvalue weighted by Crippen LogP contribution is -2.06. The summed E-state index contributed by atoms with van der Waals surface area (Å²) in [7, 11) is 0. The minimum Gasteiger partial charge on any atom is -0.247 e. The van der Waals surface area contributed by atoms with Crippen LogP contribution in [0.25, 0.3) is 65.1 Å². The van der Waals surface area contributed by atoms with E-state index in [1.165, 1.54) is 10.8 Å². The van der Waals surface area contributed by atoms with Crippen LogP contribution in [0.1, 0.15) is 16.7 Å². The molecule has 0 heterocycles. The molecule has 0 aliphatic rings. The van der Waals surface area contributed by atoms with Gasteiger partial charge in [-0.3, -0.25) is 0 Å². The van der Waals surface area contributed by atoms with Crippen molar-refractivity contribution in [3.63, 3.8) is 0 Å². The highest BCUT2D eigenvalue weighted by Crippen LogP contribution is 2.44. The molecule has 8 rings (SSSR count). The first kappa shape index (κ1) is 28.9. The molecular formula is C46H30N2.